The van der Waals surface area contributed by atoms with Crippen LogP contribution in [0.2, 0.25) is 0 Å². The van der Waals surface area contributed by atoms with Crippen molar-refractivity contribution in [3.8, 4) is 5.75 Å². The Kier molecular flexibility index (Phi) is 5.47. The predicted octanol–water partition coefficient (Wildman–Crippen LogP) is 3.83. The summed E-state index contributed by atoms with van der Waals surface area (Å²) in [6.07, 6.45) is 11.5. The Balaban J connectivity index is 1.62. The molecule has 3 heteroatoms. The molecule has 1 aliphatic heterocycles. The molecule has 1 aromatic carbocycles. The van der Waals surface area contributed by atoms with Gasteiger partial charge in [-0.25, -0.2) is 0 Å². The van der Waals surface area contributed by atoms with Crippen LogP contribution in [0.1, 0.15) is 31.2 Å². The molecule has 1 unspecified atom stereocenters. The normalized spacial score (nSPS) is 19.6. The van der Waals surface area contributed by atoms with Crippen LogP contribution in [0, 0.1) is 0 Å². The molecule has 124 valence electrons. The second-order valence-corrected chi connectivity index (χ2v) is 6.21. The number of allylic oxidation sites excluding steroid dienone is 5. The number of benzene rings is 1. The number of hydrogen-bond acceptors (Lipinski definition) is 3. The second kappa shape index (κ2) is 7.96. The number of rotatable bonds is 5. The third-order valence-corrected chi connectivity index (χ3v) is 4.44. The first-order chi connectivity index (χ1) is 11.7. The van der Waals surface area contributed by atoms with Gasteiger partial charge in [0.15, 0.2) is 5.78 Å². The van der Waals surface area contributed by atoms with Crippen LogP contribution in [-0.2, 0) is 4.79 Å². The number of Topliss-reactive ketones (excluding diaryl/α,β-unsaturated/α-hetero) is 1. The topological polar surface area (TPSA) is 38.3 Å². The van der Waals surface area contributed by atoms with Crippen molar-refractivity contribution in [1.82, 2.24) is 5.32 Å². The Morgan fingerprint density at radius 3 is 3.04 bits per heavy atom. The molecule has 1 heterocycles. The Labute approximate surface area is 143 Å². The first-order valence-corrected chi connectivity index (χ1v) is 8.49. The van der Waals surface area contributed by atoms with Crippen LogP contribution >= 0.6 is 0 Å². The van der Waals surface area contributed by atoms with Crippen molar-refractivity contribution >= 4 is 11.9 Å². The van der Waals surface area contributed by atoms with Crippen molar-refractivity contribution < 1.29 is 9.53 Å². The molecule has 0 aromatic heterocycles. The van der Waals surface area contributed by atoms with Gasteiger partial charge in [0, 0.05) is 18.0 Å². The summed E-state index contributed by atoms with van der Waals surface area (Å²) in [5.74, 6) is 1.07. The number of ether oxygens (including phenoxy) is 1. The van der Waals surface area contributed by atoms with Crippen molar-refractivity contribution in [3.63, 3.8) is 0 Å². The minimum atomic E-state index is 0.237. The molecule has 1 fully saturated rings. The van der Waals surface area contributed by atoms with Gasteiger partial charge in [0.1, 0.15) is 5.75 Å². The van der Waals surface area contributed by atoms with E-state index in [-0.39, 0.29) is 5.78 Å². The largest absolute Gasteiger partial charge is 0.497 e. The molecule has 1 N–H and O–H groups in total. The van der Waals surface area contributed by atoms with Crippen molar-refractivity contribution in [2.24, 2.45) is 0 Å². The molecule has 0 radical (unpaired) electrons. The van der Waals surface area contributed by atoms with E-state index < -0.39 is 0 Å². The molecule has 1 aliphatic carbocycles. The van der Waals surface area contributed by atoms with Crippen LogP contribution in [0.15, 0.2) is 59.4 Å². The molecular formula is C21H23NO2. The molecular weight excluding hydrogens is 298 g/mol. The quantitative estimate of drug-likeness (QED) is 0.838. The monoisotopic (exact) mass is 321 g/mol. The molecule has 0 spiro atoms. The minimum absolute atomic E-state index is 0.237. The van der Waals surface area contributed by atoms with Gasteiger partial charge in [-0.05, 0) is 55.2 Å². The van der Waals surface area contributed by atoms with Gasteiger partial charge >= 0.3 is 0 Å². The van der Waals surface area contributed by atoms with Crippen LogP contribution in [-0.4, -0.2) is 25.5 Å². The first-order valence-electron chi connectivity index (χ1n) is 8.49. The number of carbonyl (C=O) groups is 1. The lowest BCUT2D eigenvalue weighted by molar-refractivity contribution is -0.115. The van der Waals surface area contributed by atoms with E-state index in [9.17, 15) is 4.79 Å². The third kappa shape index (κ3) is 4.35. The second-order valence-electron chi connectivity index (χ2n) is 6.21. The maximum absolute atomic E-state index is 12.3. The van der Waals surface area contributed by atoms with Gasteiger partial charge in [-0.1, -0.05) is 30.4 Å². The highest BCUT2D eigenvalue weighted by molar-refractivity contribution is 5.98. The van der Waals surface area contributed by atoms with Gasteiger partial charge in [-0.15, -0.1) is 5.73 Å². The summed E-state index contributed by atoms with van der Waals surface area (Å²) in [6, 6.07) is 8.23. The van der Waals surface area contributed by atoms with E-state index >= 15 is 0 Å². The van der Waals surface area contributed by atoms with Crippen LogP contribution in [0.4, 0.5) is 0 Å². The summed E-state index contributed by atoms with van der Waals surface area (Å²) in [4.78, 5) is 12.3. The maximum Gasteiger partial charge on any atom is 0.164 e. The van der Waals surface area contributed by atoms with E-state index in [1.54, 1.807) is 7.11 Å². The van der Waals surface area contributed by atoms with Crippen LogP contribution in [0.25, 0.3) is 6.08 Å². The smallest absolute Gasteiger partial charge is 0.164 e. The van der Waals surface area contributed by atoms with Crippen LogP contribution < -0.4 is 10.1 Å². The highest BCUT2D eigenvalue weighted by Crippen LogP contribution is 2.20. The minimum Gasteiger partial charge on any atom is -0.497 e. The number of ketones is 1. The molecule has 0 saturated carbocycles. The summed E-state index contributed by atoms with van der Waals surface area (Å²) in [7, 11) is 1.66. The van der Waals surface area contributed by atoms with Crippen LogP contribution in [0.3, 0.4) is 0 Å². The number of nitrogens with one attached hydrogen (secondary N) is 1. The first kappa shape index (κ1) is 16.5. The Morgan fingerprint density at radius 2 is 2.33 bits per heavy atom. The van der Waals surface area contributed by atoms with Gasteiger partial charge in [-0.3, -0.25) is 4.79 Å². The van der Waals surface area contributed by atoms with E-state index in [1.807, 2.05) is 48.6 Å². The van der Waals surface area contributed by atoms with Crippen molar-refractivity contribution in [1.29, 1.82) is 0 Å². The Bertz CT molecular complexity index is 730. The van der Waals surface area contributed by atoms with Gasteiger partial charge in [-0.2, -0.15) is 0 Å². The zero-order chi connectivity index (χ0) is 16.8. The lowest BCUT2D eigenvalue weighted by atomic mass is 9.96. The van der Waals surface area contributed by atoms with Crippen molar-refractivity contribution in [2.45, 2.75) is 31.7 Å². The average Bonchev–Trinajstić information content (AvgIpc) is 3.13. The summed E-state index contributed by atoms with van der Waals surface area (Å²) in [5, 5.41) is 3.38. The third-order valence-electron chi connectivity index (χ3n) is 4.44. The maximum atomic E-state index is 12.3. The number of methoxy groups -OCH3 is 1. The lowest BCUT2D eigenvalue weighted by Gasteiger charge is -2.11. The molecule has 2 aliphatic rings. The molecule has 0 bridgehead atoms. The fourth-order valence-electron chi connectivity index (χ4n) is 3.04. The summed E-state index contributed by atoms with van der Waals surface area (Å²) < 4.78 is 5.22. The van der Waals surface area contributed by atoms with Crippen molar-refractivity contribution in [2.75, 3.05) is 13.7 Å². The highest BCUT2D eigenvalue weighted by atomic mass is 16.5. The number of hydrogen-bond donors (Lipinski definition) is 1. The summed E-state index contributed by atoms with van der Waals surface area (Å²) in [5.41, 5.74) is 6.26. The van der Waals surface area contributed by atoms with E-state index in [2.05, 4.69) is 11.0 Å². The van der Waals surface area contributed by atoms with Crippen molar-refractivity contribution in [3.05, 3.63) is 64.9 Å². The van der Waals surface area contributed by atoms with Gasteiger partial charge < -0.3 is 10.1 Å². The molecule has 24 heavy (non-hydrogen) atoms. The fourth-order valence-corrected chi connectivity index (χ4v) is 3.04. The van der Waals surface area contributed by atoms with E-state index in [1.165, 1.54) is 6.42 Å². The van der Waals surface area contributed by atoms with E-state index in [4.69, 9.17) is 4.74 Å². The Morgan fingerprint density at radius 1 is 1.42 bits per heavy atom. The highest BCUT2D eigenvalue weighted by Gasteiger charge is 2.19. The average molecular weight is 321 g/mol. The van der Waals surface area contributed by atoms with Gasteiger partial charge in [0.05, 0.1) is 7.11 Å². The van der Waals surface area contributed by atoms with Gasteiger partial charge in [0.2, 0.25) is 0 Å². The standard InChI is InChI=1S/C21H23NO2/c1-24-20-6-2-4-17(14-20)8-7-16-9-11-18(12-10-16)21(23)15-19-5-3-13-22-19/h2,4,6,8-9,11-12,14,19,22H,3,5,10,13,15H2,1H3. The zero-order valence-corrected chi connectivity index (χ0v) is 14.0. The number of carbonyl (C=O) groups excluding carboxylic acids is 1. The fraction of sp³-hybridized carbons (Fsp3) is 0.333. The zero-order valence-electron chi connectivity index (χ0n) is 14.0. The Hall–Kier alpha value is -2.35. The SMILES string of the molecule is COc1cccc(C=C=C2C=CC(C(=O)CC3CCCN3)=CC2)c1. The van der Waals surface area contributed by atoms with Crippen LogP contribution in [0.5, 0.6) is 5.75 Å². The molecule has 1 aromatic rings. The molecule has 1 atom stereocenters. The summed E-state index contributed by atoms with van der Waals surface area (Å²) in [6.45, 7) is 1.04. The van der Waals surface area contributed by atoms with E-state index in [0.29, 0.717) is 12.5 Å². The molecule has 3 nitrogen and oxygen atoms in total. The molecule has 3 rings (SSSR count). The molecule has 0 amide bonds. The predicted molar refractivity (Wildman–Crippen MR) is 97.0 cm³/mol. The molecule has 1 saturated heterocycles. The van der Waals surface area contributed by atoms with Gasteiger partial charge in [0.25, 0.3) is 0 Å². The lowest BCUT2D eigenvalue weighted by Crippen LogP contribution is -2.25. The van der Waals surface area contributed by atoms with E-state index in [0.717, 1.165) is 41.8 Å². The summed E-state index contributed by atoms with van der Waals surface area (Å²) >= 11 is 0.